The predicted octanol–water partition coefficient (Wildman–Crippen LogP) is 6.34. The van der Waals surface area contributed by atoms with Crippen molar-refractivity contribution in [3.63, 3.8) is 0 Å². The van der Waals surface area contributed by atoms with E-state index in [0.29, 0.717) is 11.3 Å². The van der Waals surface area contributed by atoms with Crippen molar-refractivity contribution in [3.8, 4) is 16.9 Å². The lowest BCUT2D eigenvalue weighted by atomic mass is 10.0. The first-order valence-corrected chi connectivity index (χ1v) is 8.98. The van der Waals surface area contributed by atoms with Crippen molar-refractivity contribution < 1.29 is 9.53 Å². The minimum atomic E-state index is -0.347. The molecule has 0 heterocycles. The van der Waals surface area contributed by atoms with Gasteiger partial charge in [-0.2, -0.15) is 0 Å². The van der Waals surface area contributed by atoms with Crippen LogP contribution in [0.1, 0.15) is 21.5 Å². The van der Waals surface area contributed by atoms with E-state index in [-0.39, 0.29) is 5.97 Å². The molecule has 0 radical (unpaired) electrons. The number of hydrogen-bond donors (Lipinski definition) is 0. The Bertz CT molecular complexity index is 1110. The van der Waals surface area contributed by atoms with Gasteiger partial charge in [-0.05, 0) is 60.0 Å². The monoisotopic (exact) mass is 352 g/mol. The number of aryl methyl sites for hydroxylation is 2. The molecule has 0 atom stereocenters. The Morgan fingerprint density at radius 2 is 1.19 bits per heavy atom. The van der Waals surface area contributed by atoms with Crippen LogP contribution in [0.2, 0.25) is 0 Å². The fourth-order valence-corrected chi connectivity index (χ4v) is 3.12. The van der Waals surface area contributed by atoms with Crippen molar-refractivity contribution in [1.82, 2.24) is 0 Å². The SMILES string of the molecule is Cc1ccc(-c2ccc(OC(=O)c3ccc4cc(C)ccc4c3)cc2)cc1. The molecule has 4 rings (SSSR count). The van der Waals surface area contributed by atoms with E-state index >= 15 is 0 Å². The number of carbonyl (C=O) groups is 1. The van der Waals surface area contributed by atoms with E-state index in [1.807, 2.05) is 54.6 Å². The zero-order chi connectivity index (χ0) is 18.8. The largest absolute Gasteiger partial charge is 0.423 e. The number of benzene rings is 4. The van der Waals surface area contributed by atoms with E-state index in [0.717, 1.165) is 21.9 Å². The third-order valence-corrected chi connectivity index (χ3v) is 4.68. The molecule has 0 amide bonds. The summed E-state index contributed by atoms with van der Waals surface area (Å²) in [5.41, 5.74) is 5.22. The summed E-state index contributed by atoms with van der Waals surface area (Å²) in [6, 6.07) is 27.8. The molecule has 2 nitrogen and oxygen atoms in total. The van der Waals surface area contributed by atoms with Crippen LogP contribution in [0, 0.1) is 13.8 Å². The van der Waals surface area contributed by atoms with Crippen LogP contribution in [-0.2, 0) is 0 Å². The van der Waals surface area contributed by atoms with E-state index in [4.69, 9.17) is 4.74 Å². The van der Waals surface area contributed by atoms with Gasteiger partial charge in [0.1, 0.15) is 5.75 Å². The second kappa shape index (κ2) is 7.08. The van der Waals surface area contributed by atoms with Crippen LogP contribution >= 0.6 is 0 Å². The maximum Gasteiger partial charge on any atom is 0.343 e. The van der Waals surface area contributed by atoms with Crippen molar-refractivity contribution in [2.24, 2.45) is 0 Å². The summed E-state index contributed by atoms with van der Waals surface area (Å²) in [5, 5.41) is 2.15. The molecule has 0 unspecified atom stereocenters. The lowest BCUT2D eigenvalue weighted by Crippen LogP contribution is -2.08. The average Bonchev–Trinajstić information content (AvgIpc) is 2.69. The standard InChI is InChI=1S/C25H20O2/c1-17-3-6-19(7-4-17)20-11-13-24(14-12-20)27-25(26)23-10-9-21-15-18(2)5-8-22(21)16-23/h3-16H,1-2H3. The van der Waals surface area contributed by atoms with Gasteiger partial charge < -0.3 is 4.74 Å². The molecule has 4 aromatic rings. The van der Waals surface area contributed by atoms with Gasteiger partial charge in [0.2, 0.25) is 0 Å². The van der Waals surface area contributed by atoms with Crippen molar-refractivity contribution >= 4 is 16.7 Å². The maximum atomic E-state index is 12.5. The third-order valence-electron chi connectivity index (χ3n) is 4.68. The number of rotatable bonds is 3. The van der Waals surface area contributed by atoms with Crippen molar-refractivity contribution in [1.29, 1.82) is 0 Å². The number of hydrogen-bond acceptors (Lipinski definition) is 2. The molecule has 132 valence electrons. The Morgan fingerprint density at radius 1 is 0.630 bits per heavy atom. The Morgan fingerprint density at radius 3 is 1.89 bits per heavy atom. The van der Waals surface area contributed by atoms with Crippen molar-refractivity contribution in [2.75, 3.05) is 0 Å². The van der Waals surface area contributed by atoms with E-state index in [1.165, 1.54) is 11.1 Å². The molecule has 0 aromatic heterocycles. The van der Waals surface area contributed by atoms with Crippen molar-refractivity contribution in [3.05, 3.63) is 102 Å². The van der Waals surface area contributed by atoms with Gasteiger partial charge in [0.05, 0.1) is 5.56 Å². The molecular weight excluding hydrogens is 332 g/mol. The minimum Gasteiger partial charge on any atom is -0.423 e. The molecule has 0 aliphatic carbocycles. The van der Waals surface area contributed by atoms with Gasteiger partial charge in [-0.1, -0.05) is 71.8 Å². The van der Waals surface area contributed by atoms with E-state index in [2.05, 4.69) is 44.2 Å². The number of fused-ring (bicyclic) bond motifs is 1. The first-order chi connectivity index (χ1) is 13.1. The quantitative estimate of drug-likeness (QED) is 0.317. The fraction of sp³-hybridized carbons (Fsp3) is 0.0800. The first-order valence-electron chi connectivity index (χ1n) is 8.98. The molecule has 0 fully saturated rings. The van der Waals surface area contributed by atoms with Crippen molar-refractivity contribution in [2.45, 2.75) is 13.8 Å². The summed E-state index contributed by atoms with van der Waals surface area (Å²) < 4.78 is 5.54. The van der Waals surface area contributed by atoms with Crippen LogP contribution in [0.5, 0.6) is 5.75 Å². The lowest BCUT2D eigenvalue weighted by Gasteiger charge is -2.07. The van der Waals surface area contributed by atoms with Gasteiger partial charge in [-0.15, -0.1) is 0 Å². The molecule has 4 aromatic carbocycles. The van der Waals surface area contributed by atoms with Crippen LogP contribution in [0.25, 0.3) is 21.9 Å². The molecule has 0 saturated carbocycles. The molecule has 0 N–H and O–H groups in total. The highest BCUT2D eigenvalue weighted by Gasteiger charge is 2.10. The Labute approximate surface area is 159 Å². The normalized spacial score (nSPS) is 10.7. The third kappa shape index (κ3) is 3.75. The number of esters is 1. The highest BCUT2D eigenvalue weighted by molar-refractivity contribution is 5.96. The highest BCUT2D eigenvalue weighted by Crippen LogP contribution is 2.24. The maximum absolute atomic E-state index is 12.5. The number of carbonyl (C=O) groups excluding carboxylic acids is 1. The van der Waals surface area contributed by atoms with E-state index < -0.39 is 0 Å². The van der Waals surface area contributed by atoms with E-state index in [9.17, 15) is 4.79 Å². The summed E-state index contributed by atoms with van der Waals surface area (Å²) in [4.78, 5) is 12.5. The Kier molecular flexibility index (Phi) is 4.47. The number of ether oxygens (including phenoxy) is 1. The summed E-state index contributed by atoms with van der Waals surface area (Å²) in [6.07, 6.45) is 0. The highest BCUT2D eigenvalue weighted by atomic mass is 16.5. The molecule has 0 aliphatic rings. The predicted molar refractivity (Wildman–Crippen MR) is 110 cm³/mol. The van der Waals surface area contributed by atoms with Crippen LogP contribution < -0.4 is 4.74 Å². The first kappa shape index (κ1) is 17.0. The molecular formula is C25H20O2. The molecule has 0 bridgehead atoms. The zero-order valence-electron chi connectivity index (χ0n) is 15.4. The van der Waals surface area contributed by atoms with Gasteiger partial charge in [0.25, 0.3) is 0 Å². The lowest BCUT2D eigenvalue weighted by molar-refractivity contribution is 0.0735. The molecule has 0 spiro atoms. The van der Waals surface area contributed by atoms with Gasteiger partial charge in [0.15, 0.2) is 0 Å². The Balaban J connectivity index is 1.52. The summed E-state index contributed by atoms with van der Waals surface area (Å²) in [7, 11) is 0. The zero-order valence-corrected chi connectivity index (χ0v) is 15.4. The van der Waals surface area contributed by atoms with Crippen LogP contribution in [-0.4, -0.2) is 5.97 Å². The average molecular weight is 352 g/mol. The fourth-order valence-electron chi connectivity index (χ4n) is 3.12. The molecule has 2 heteroatoms. The second-order valence-electron chi connectivity index (χ2n) is 6.85. The van der Waals surface area contributed by atoms with E-state index in [1.54, 1.807) is 0 Å². The van der Waals surface area contributed by atoms with Crippen LogP contribution in [0.3, 0.4) is 0 Å². The van der Waals surface area contributed by atoms with Crippen LogP contribution in [0.4, 0.5) is 0 Å². The molecule has 0 aliphatic heterocycles. The van der Waals surface area contributed by atoms with Gasteiger partial charge >= 0.3 is 5.97 Å². The molecule has 0 saturated heterocycles. The minimum absolute atomic E-state index is 0.347. The smallest absolute Gasteiger partial charge is 0.343 e. The summed E-state index contributed by atoms with van der Waals surface area (Å²) in [5.74, 6) is 0.195. The van der Waals surface area contributed by atoms with Gasteiger partial charge in [-0.25, -0.2) is 4.79 Å². The second-order valence-corrected chi connectivity index (χ2v) is 6.85. The summed E-state index contributed by atoms with van der Waals surface area (Å²) >= 11 is 0. The Hall–Kier alpha value is -3.39. The summed E-state index contributed by atoms with van der Waals surface area (Å²) in [6.45, 7) is 4.13. The van der Waals surface area contributed by atoms with Crippen LogP contribution in [0.15, 0.2) is 84.9 Å². The topological polar surface area (TPSA) is 26.3 Å². The van der Waals surface area contributed by atoms with Gasteiger partial charge in [0, 0.05) is 0 Å². The van der Waals surface area contributed by atoms with Gasteiger partial charge in [-0.3, -0.25) is 0 Å². The molecule has 27 heavy (non-hydrogen) atoms.